The summed E-state index contributed by atoms with van der Waals surface area (Å²) in [7, 11) is -39.0. The van der Waals surface area contributed by atoms with Crippen molar-refractivity contribution < 1.29 is 123 Å². The highest BCUT2D eigenvalue weighted by Gasteiger charge is 2.57. The number of methoxy groups -OCH3 is 1. The van der Waals surface area contributed by atoms with Gasteiger partial charge in [-0.15, -0.1) is 13.2 Å². The average Bonchev–Trinajstić information content (AvgIpc) is 0.888. The number of rotatable bonds is 35. The Balaban J connectivity index is -0.000000211. The van der Waals surface area contributed by atoms with Gasteiger partial charge in [0.25, 0.3) is 74.9 Å². The second kappa shape index (κ2) is 59.0. The lowest BCUT2D eigenvalue weighted by Gasteiger charge is -2.15. The summed E-state index contributed by atoms with van der Waals surface area (Å²) in [6.07, 6.45) is 9.11. The molecule has 1 aliphatic rings. The van der Waals surface area contributed by atoms with E-state index in [9.17, 15) is 71.8 Å². The lowest BCUT2D eigenvalue weighted by atomic mass is 10.0. The number of hydrogen-bond donors (Lipinski definition) is 0. The van der Waals surface area contributed by atoms with Gasteiger partial charge < -0.3 is 4.74 Å². The van der Waals surface area contributed by atoms with E-state index in [1.54, 1.807) is 46.5 Å². The van der Waals surface area contributed by atoms with Crippen LogP contribution in [0, 0.1) is 11.3 Å². The topological polar surface area (TPSA) is 356 Å². The van der Waals surface area contributed by atoms with Crippen LogP contribution < -0.4 is 5.30 Å². The molecule has 1 saturated carbocycles. The minimum absolute atomic E-state index is 0.0628. The van der Waals surface area contributed by atoms with Crippen molar-refractivity contribution in [3.8, 4) is 6.07 Å². The first kappa shape index (κ1) is 121. The highest BCUT2D eigenvalue weighted by Crippen LogP contribution is 2.46. The van der Waals surface area contributed by atoms with Gasteiger partial charge in [0.05, 0.1) is 24.8 Å². The molecule has 0 aliphatic heterocycles. The van der Waals surface area contributed by atoms with Gasteiger partial charge in [-0.1, -0.05) is 24.6 Å². The van der Waals surface area contributed by atoms with Crippen molar-refractivity contribution in [1.82, 2.24) is 0 Å². The summed E-state index contributed by atoms with van der Waals surface area (Å²) >= 11 is 0. The average molecular weight is 1930 g/mol. The van der Waals surface area contributed by atoms with Gasteiger partial charge in [0.1, 0.15) is 0 Å². The SMILES string of the molecule is COCC[P+](=O)O[Si](C)(C)C.C[P+](=O)O[Si](C)(C)C.C[P+](=O)O[Si](C)(C)O[P+](C)=O.C[Si](C)(C)O[P+](=O)C(F)(F)F.C[Si](C)(C)O[P+](=O)C1CCCCC1.C[Si](C)(C)O[P+](=O)CCC#N.C[Si](C)(C)O[P+](=O)CCS(C)(=O)=O.C[Si](C)(C)O[P+](=O)CC[P+](=O)O[Si](C)(C)C.C[Si](C)(C)O[P+](=O)c1ccccc1. The van der Waals surface area contributed by atoms with Crippen molar-refractivity contribution >= 4 is 187 Å². The second-order valence-electron chi connectivity index (χ2n) is 32.4. The number of nitriles is 1. The van der Waals surface area contributed by atoms with E-state index in [2.05, 4.69) is 23.9 Å². The number of nitrogens with zero attached hydrogens (tertiary/aromatic N) is 1. The molecule has 624 valence electrons. The molecule has 0 heterocycles. The zero-order valence-corrected chi connectivity index (χ0v) is 90.9. The Morgan fingerprint density at radius 1 is 0.421 bits per heavy atom. The molecule has 11 unspecified atom stereocenters. The van der Waals surface area contributed by atoms with Crippen LogP contribution in [0.4, 0.5) is 13.2 Å². The monoisotopic (exact) mass is 1930 g/mol. The Kier molecular flexibility index (Phi) is 67.0. The Bertz CT molecular complexity index is 3000. The van der Waals surface area contributed by atoms with Gasteiger partial charge in [0.15, 0.2) is 54.0 Å². The van der Waals surface area contributed by atoms with Gasteiger partial charge in [0, 0.05) is 13.4 Å². The lowest BCUT2D eigenvalue weighted by Crippen LogP contribution is -2.29. The number of halogens is 3. The van der Waals surface area contributed by atoms with Crippen LogP contribution in [0.5, 0.6) is 0 Å². The minimum atomic E-state index is -4.71. The fourth-order valence-electron chi connectivity index (χ4n) is 6.28. The minimum Gasteiger partial charge on any atom is -0.380 e. The van der Waals surface area contributed by atoms with Crippen molar-refractivity contribution in [3.05, 3.63) is 30.3 Å². The molecular formula is C56H134F3NO25P11SSi10+11. The van der Waals surface area contributed by atoms with Crippen LogP contribution in [-0.2, 0) is 111 Å². The lowest BCUT2D eigenvalue weighted by molar-refractivity contribution is -0.0493. The Morgan fingerprint density at radius 3 is 0.972 bits per heavy atom. The maximum atomic E-state index is 11.8. The van der Waals surface area contributed by atoms with Gasteiger partial charge in [-0.25, -0.2) is 37.9 Å². The predicted molar refractivity (Wildman–Crippen MR) is 466 cm³/mol. The van der Waals surface area contributed by atoms with E-state index in [0.29, 0.717) is 43.3 Å². The molecule has 107 heavy (non-hydrogen) atoms. The highest BCUT2D eigenvalue weighted by atomic mass is 32.2. The molecule has 1 aromatic rings. The predicted octanol–water partition coefficient (Wildman–Crippen LogP) is 25.1. The number of hydrogen-bond acceptors (Lipinski definition) is 26. The zero-order valence-electron chi connectivity index (χ0n) is 70.3. The normalized spacial score (nSPS) is 14.8. The van der Waals surface area contributed by atoms with E-state index < -0.39 is 187 Å². The molecule has 0 radical (unpaired) electrons. The number of alkyl halides is 3. The van der Waals surface area contributed by atoms with Crippen molar-refractivity contribution in [3.63, 3.8) is 0 Å². The van der Waals surface area contributed by atoms with Crippen LogP contribution in [0.1, 0.15) is 38.5 Å². The number of benzene rings is 1. The van der Waals surface area contributed by atoms with Crippen molar-refractivity contribution in [2.45, 2.75) is 240 Å². The molecule has 11 atom stereocenters. The van der Waals surface area contributed by atoms with E-state index >= 15 is 0 Å². The Morgan fingerprint density at radius 2 is 0.720 bits per heavy atom. The maximum Gasteiger partial charge on any atom is 0.638 e. The highest BCUT2D eigenvalue weighted by molar-refractivity contribution is 7.90. The Labute approximate surface area is 662 Å². The largest absolute Gasteiger partial charge is 0.638 e. The van der Waals surface area contributed by atoms with Gasteiger partial charge >= 0.3 is 103 Å². The standard InChI is InChI=1S/C9H20O2PSi.C9H14O2PSi.C8H22O4P2Si2.C6H13NO2PSi.C6H16O4PSSi.C6H16O3PSi.C4H9F3O2PSi.C4H12O4P2Si.C4H12O2PSi/c2*1-13(2,3)11-12(10)9-7-5-4-6-8-9;1-15(2,3)11-13(9)7-8-14(10)12-16(4,5)6;1-11(2,3)9-10(8)6-4-5-7;1-12(8,9)6-5-11(7)10-13(2,3)4;1-8-5-6-10(7)9-11(2,3)4;1-11(2,3)9-10(8)4(5,6)7;1-9(5)7-11(3,4)8-10(2)6;1-7(5)6-8(2,3)4/h9H,4-8H2,1-3H3;4-8H,1-3H3;7-8H2,1-6H3;4,6H2,1-3H3;5-6H2,1-4H3;5-6H2,1-4H3;1-3H3;1-4H3;1-4H3/q2*+1;+2;4*+1;+2;+1. The van der Waals surface area contributed by atoms with Crippen molar-refractivity contribution in [2.75, 3.05) is 76.5 Å². The van der Waals surface area contributed by atoms with Crippen LogP contribution in [-0.4, -0.2) is 180 Å². The zero-order chi connectivity index (χ0) is 86.4. The summed E-state index contributed by atoms with van der Waals surface area (Å²) < 4.78 is 240. The smallest absolute Gasteiger partial charge is 0.380 e. The van der Waals surface area contributed by atoms with E-state index in [0.717, 1.165) is 24.4 Å². The van der Waals surface area contributed by atoms with Gasteiger partial charge in [-0.2, -0.15) is 22.1 Å². The van der Waals surface area contributed by atoms with Crippen molar-refractivity contribution in [1.29, 1.82) is 5.26 Å². The molecule has 0 saturated heterocycles. The molecule has 0 N–H and O–H groups in total. The summed E-state index contributed by atoms with van der Waals surface area (Å²) in [5.41, 5.74) is 0.357. The quantitative estimate of drug-likeness (QED) is 0.0450. The van der Waals surface area contributed by atoms with Gasteiger partial charge in [-0.3, -0.25) is 0 Å². The molecule has 26 nitrogen and oxygen atoms in total. The molecular weight excluding hydrogens is 1800 g/mol. The fraction of sp³-hybridized carbons (Fsp3) is 0.875. The van der Waals surface area contributed by atoms with E-state index in [1.807, 2.05) is 174 Å². The van der Waals surface area contributed by atoms with Crippen LogP contribution >= 0.6 is 88.3 Å². The van der Waals surface area contributed by atoms with Crippen molar-refractivity contribution in [2.24, 2.45) is 0 Å². The first-order valence-electron chi connectivity index (χ1n) is 34.0. The van der Waals surface area contributed by atoms with Gasteiger partial charge in [0.2, 0.25) is 17.6 Å². The van der Waals surface area contributed by atoms with Crippen LogP contribution in [0.25, 0.3) is 0 Å². The molecule has 0 bridgehead atoms. The second-order valence-corrected chi connectivity index (χ2v) is 95.1. The maximum absolute atomic E-state index is 11.8. The van der Waals surface area contributed by atoms with E-state index in [-0.39, 0.29) is 11.9 Å². The molecule has 0 spiro atoms. The third-order valence-corrected chi connectivity index (χ3v) is 48.3. The summed E-state index contributed by atoms with van der Waals surface area (Å²) in [5.74, 6) is -4.78. The molecule has 2 rings (SSSR count). The van der Waals surface area contributed by atoms with Crippen LogP contribution in [0.15, 0.2) is 30.3 Å². The third kappa shape index (κ3) is 107. The third-order valence-electron chi connectivity index (χ3n) is 9.10. The first-order valence-corrected chi connectivity index (χ1v) is 84.8. The number of sulfone groups is 1. The van der Waals surface area contributed by atoms with E-state index in [1.165, 1.54) is 32.6 Å². The molecule has 1 fully saturated rings. The summed E-state index contributed by atoms with van der Waals surface area (Å²) in [6.45, 7) is 61.2. The summed E-state index contributed by atoms with van der Waals surface area (Å²) in [6, 6.07) is 11.2. The van der Waals surface area contributed by atoms with Crippen LogP contribution in [0.3, 0.4) is 0 Å². The first-order chi connectivity index (χ1) is 47.4. The van der Waals surface area contributed by atoms with Crippen LogP contribution in [0.2, 0.25) is 190 Å². The number of ether oxygens (including phenoxy) is 1. The molecule has 51 heteroatoms. The fourth-order valence-corrected chi connectivity index (χ4v) is 41.4. The molecule has 0 aromatic heterocycles. The molecule has 0 amide bonds. The molecule has 1 aromatic carbocycles. The summed E-state index contributed by atoms with van der Waals surface area (Å²) in [4.78, 5) is 0. The molecule has 1 aliphatic carbocycles. The Hall–Kier alpha value is 1.24. The van der Waals surface area contributed by atoms with E-state index in [4.69, 9.17) is 52.1 Å². The van der Waals surface area contributed by atoms with Gasteiger partial charge in [-0.05, 0) is 278 Å². The summed E-state index contributed by atoms with van der Waals surface area (Å²) in [5, 5.41) is 8.97.